The highest BCUT2D eigenvalue weighted by Gasteiger charge is 2.44. The summed E-state index contributed by atoms with van der Waals surface area (Å²) in [6.45, 7) is 3.48. The molecular weight excluding hydrogens is 845 g/mol. The number of rotatable bonds is 50. The van der Waals surface area contributed by atoms with Crippen LogP contribution in [0, 0.1) is 0 Å². The van der Waals surface area contributed by atoms with Crippen LogP contribution in [0.25, 0.3) is 0 Å². The first-order chi connectivity index (χ1) is 32.8. The Morgan fingerprint density at radius 3 is 1.16 bits per heavy atom. The average molecular weight is 953 g/mol. The second-order valence-corrected chi connectivity index (χ2v) is 20.1. The summed E-state index contributed by atoms with van der Waals surface area (Å²) in [5.41, 5.74) is 0. The van der Waals surface area contributed by atoms with Gasteiger partial charge in [-0.15, -0.1) is 0 Å². The molecule has 1 saturated heterocycles. The van der Waals surface area contributed by atoms with Crippen LogP contribution in [0.3, 0.4) is 0 Å². The smallest absolute Gasteiger partial charge is 0.306 e. The predicted octanol–water partition coefficient (Wildman–Crippen LogP) is 14.2. The second kappa shape index (κ2) is 48.1. The van der Waals surface area contributed by atoms with E-state index in [-0.39, 0.29) is 32.0 Å². The number of esters is 2. The molecule has 1 heterocycles. The zero-order chi connectivity index (χ0) is 48.7. The number of unbranched alkanes of at least 4 members (excludes halogenated alkanes) is 37. The Bertz CT molecular complexity index is 1100. The van der Waals surface area contributed by atoms with Gasteiger partial charge in [-0.25, -0.2) is 0 Å². The molecule has 1 fully saturated rings. The summed E-state index contributed by atoms with van der Waals surface area (Å²) in [6.07, 6.45) is 48.0. The molecule has 4 N–H and O–H groups in total. The van der Waals surface area contributed by atoms with Gasteiger partial charge in [0.05, 0.1) is 13.2 Å². The summed E-state index contributed by atoms with van der Waals surface area (Å²) in [5, 5.41) is 40.3. The lowest BCUT2D eigenvalue weighted by molar-refractivity contribution is -0.305. The molecule has 0 aliphatic carbocycles. The van der Waals surface area contributed by atoms with E-state index in [1.54, 1.807) is 0 Å². The van der Waals surface area contributed by atoms with Crippen LogP contribution in [0.2, 0.25) is 0 Å². The summed E-state index contributed by atoms with van der Waals surface area (Å²) in [4.78, 5) is 25.5. The van der Waals surface area contributed by atoms with Crippen LogP contribution in [0.4, 0.5) is 0 Å². The molecule has 396 valence electrons. The van der Waals surface area contributed by atoms with E-state index in [0.717, 1.165) is 38.5 Å². The van der Waals surface area contributed by atoms with Crippen molar-refractivity contribution in [1.29, 1.82) is 0 Å². The third-order valence-electron chi connectivity index (χ3n) is 13.7. The van der Waals surface area contributed by atoms with Gasteiger partial charge in [-0.2, -0.15) is 0 Å². The van der Waals surface area contributed by atoms with E-state index in [1.807, 2.05) is 0 Å². The standard InChI is InChI=1S/C57H108O10/c1-3-5-7-9-11-13-15-17-19-21-23-24-25-26-28-30-32-34-36-38-40-42-44-46-53(60)66-50(49-65-57-56(63)55(62)54(61)51(47-58)67-57)48-64-52(59)45-43-41-39-37-35-33-31-29-27-22-20-18-16-14-12-10-8-6-4-2/h18,20,50-51,54-58,61-63H,3-17,19,21-49H2,1-2H3/b20-18+/t50-,51-,54+,55?,56?,57-/m1/s1. The van der Waals surface area contributed by atoms with Crippen molar-refractivity contribution in [2.75, 3.05) is 19.8 Å². The van der Waals surface area contributed by atoms with E-state index in [9.17, 15) is 30.0 Å². The molecule has 0 aromatic heterocycles. The van der Waals surface area contributed by atoms with Gasteiger partial charge in [0, 0.05) is 12.8 Å². The van der Waals surface area contributed by atoms with E-state index < -0.39 is 49.4 Å². The maximum Gasteiger partial charge on any atom is 0.306 e. The van der Waals surface area contributed by atoms with E-state index >= 15 is 0 Å². The minimum atomic E-state index is -1.59. The van der Waals surface area contributed by atoms with Gasteiger partial charge in [0.15, 0.2) is 12.4 Å². The van der Waals surface area contributed by atoms with Gasteiger partial charge >= 0.3 is 11.9 Å². The lowest BCUT2D eigenvalue weighted by atomic mass is 9.99. The van der Waals surface area contributed by atoms with Gasteiger partial charge in [-0.05, 0) is 38.5 Å². The van der Waals surface area contributed by atoms with Crippen molar-refractivity contribution in [3.8, 4) is 0 Å². The molecule has 0 radical (unpaired) electrons. The highest BCUT2D eigenvalue weighted by molar-refractivity contribution is 5.70. The molecule has 10 heteroatoms. The molecule has 0 amide bonds. The monoisotopic (exact) mass is 953 g/mol. The van der Waals surface area contributed by atoms with E-state index in [0.29, 0.717) is 6.42 Å². The van der Waals surface area contributed by atoms with Crippen LogP contribution in [0.15, 0.2) is 12.2 Å². The van der Waals surface area contributed by atoms with Crippen molar-refractivity contribution in [1.82, 2.24) is 0 Å². The number of carbonyl (C=O) groups excluding carboxylic acids is 2. The van der Waals surface area contributed by atoms with E-state index in [4.69, 9.17) is 18.9 Å². The molecule has 10 nitrogen and oxygen atoms in total. The zero-order valence-corrected chi connectivity index (χ0v) is 43.7. The van der Waals surface area contributed by atoms with Crippen molar-refractivity contribution in [3.05, 3.63) is 12.2 Å². The van der Waals surface area contributed by atoms with Crippen molar-refractivity contribution >= 4 is 11.9 Å². The normalized spacial score (nSPS) is 19.0. The molecule has 1 aliphatic heterocycles. The molecule has 1 aliphatic rings. The maximum atomic E-state index is 12.9. The number of ether oxygens (including phenoxy) is 4. The zero-order valence-electron chi connectivity index (χ0n) is 43.7. The van der Waals surface area contributed by atoms with Gasteiger partial charge in [0.1, 0.15) is 31.0 Å². The Morgan fingerprint density at radius 2 is 0.791 bits per heavy atom. The SMILES string of the molecule is CCCCCCCC/C=C/CCCCCCCCCCCC(=O)OC[C@H](CO[C@@H]1O[C@H](CO)[C@H](O)C(O)C1O)OC(=O)CCCCCCCCCCCCCCCCCCCCCCCCC. The highest BCUT2D eigenvalue weighted by Crippen LogP contribution is 2.23. The Balaban J connectivity index is 2.19. The summed E-state index contributed by atoms with van der Waals surface area (Å²) in [7, 11) is 0. The molecule has 2 unspecified atom stereocenters. The molecule has 6 atom stereocenters. The van der Waals surface area contributed by atoms with Crippen LogP contribution in [-0.4, -0.2) is 89.0 Å². The fraction of sp³-hybridized carbons (Fsp3) is 0.930. The second-order valence-electron chi connectivity index (χ2n) is 20.1. The molecular formula is C57H108O10. The number of allylic oxidation sites excluding steroid dienone is 2. The van der Waals surface area contributed by atoms with Crippen LogP contribution >= 0.6 is 0 Å². The Hall–Kier alpha value is -1.56. The van der Waals surface area contributed by atoms with Crippen molar-refractivity contribution in [2.45, 2.75) is 320 Å². The third kappa shape index (κ3) is 38.8. The fourth-order valence-corrected chi connectivity index (χ4v) is 9.13. The molecule has 0 aromatic carbocycles. The molecule has 0 aromatic rings. The Labute approximate surface area is 411 Å². The minimum absolute atomic E-state index is 0.212. The Morgan fingerprint density at radius 1 is 0.448 bits per heavy atom. The first-order valence-corrected chi connectivity index (χ1v) is 28.8. The maximum absolute atomic E-state index is 12.9. The van der Waals surface area contributed by atoms with Gasteiger partial charge in [0.2, 0.25) is 0 Å². The first kappa shape index (κ1) is 63.5. The lowest BCUT2D eigenvalue weighted by Crippen LogP contribution is -2.59. The summed E-state index contributed by atoms with van der Waals surface area (Å²) < 4.78 is 22.3. The minimum Gasteiger partial charge on any atom is -0.462 e. The van der Waals surface area contributed by atoms with Gasteiger partial charge in [-0.1, -0.05) is 244 Å². The van der Waals surface area contributed by atoms with Gasteiger partial charge in [-0.3, -0.25) is 9.59 Å². The van der Waals surface area contributed by atoms with Crippen molar-refractivity contribution in [3.63, 3.8) is 0 Å². The predicted molar refractivity (Wildman–Crippen MR) is 275 cm³/mol. The van der Waals surface area contributed by atoms with Gasteiger partial charge < -0.3 is 39.4 Å². The van der Waals surface area contributed by atoms with Crippen molar-refractivity contribution < 1.29 is 49.0 Å². The molecule has 67 heavy (non-hydrogen) atoms. The fourth-order valence-electron chi connectivity index (χ4n) is 9.13. The number of carbonyl (C=O) groups is 2. The highest BCUT2D eigenvalue weighted by atomic mass is 16.7. The number of hydrogen-bond donors (Lipinski definition) is 4. The molecule has 1 rings (SSSR count). The summed E-state index contributed by atoms with van der Waals surface area (Å²) in [5.74, 6) is -0.790. The lowest BCUT2D eigenvalue weighted by Gasteiger charge is -2.39. The van der Waals surface area contributed by atoms with E-state index in [2.05, 4.69) is 26.0 Å². The largest absolute Gasteiger partial charge is 0.462 e. The third-order valence-corrected chi connectivity index (χ3v) is 13.7. The Kier molecular flexibility index (Phi) is 45.5. The number of aliphatic hydroxyl groups excluding tert-OH is 4. The molecule has 0 saturated carbocycles. The molecule has 0 bridgehead atoms. The van der Waals surface area contributed by atoms with Crippen LogP contribution < -0.4 is 0 Å². The van der Waals surface area contributed by atoms with Crippen LogP contribution in [0.5, 0.6) is 0 Å². The number of hydrogen-bond acceptors (Lipinski definition) is 10. The quantitative estimate of drug-likeness (QED) is 0.0263. The molecule has 0 spiro atoms. The average Bonchev–Trinajstić information content (AvgIpc) is 3.33. The number of aliphatic hydroxyl groups is 4. The van der Waals surface area contributed by atoms with Crippen molar-refractivity contribution in [2.24, 2.45) is 0 Å². The van der Waals surface area contributed by atoms with Crippen LogP contribution in [-0.2, 0) is 28.5 Å². The topological polar surface area (TPSA) is 152 Å². The first-order valence-electron chi connectivity index (χ1n) is 28.8. The van der Waals surface area contributed by atoms with Crippen LogP contribution in [0.1, 0.15) is 284 Å². The summed E-state index contributed by atoms with van der Waals surface area (Å²) in [6, 6.07) is 0. The van der Waals surface area contributed by atoms with E-state index in [1.165, 1.54) is 212 Å². The van der Waals surface area contributed by atoms with Gasteiger partial charge in [0.25, 0.3) is 0 Å². The summed E-state index contributed by atoms with van der Waals surface area (Å²) >= 11 is 0.